The Labute approximate surface area is 202 Å². The highest BCUT2D eigenvalue weighted by molar-refractivity contribution is 7.89. The van der Waals surface area contributed by atoms with Crippen LogP contribution >= 0.6 is 11.6 Å². The number of amides is 1. The molecule has 3 aromatic rings. The van der Waals surface area contributed by atoms with Gasteiger partial charge in [-0.15, -0.1) is 0 Å². The van der Waals surface area contributed by atoms with Crippen LogP contribution in [0.2, 0.25) is 5.02 Å². The Bertz CT molecular complexity index is 1340. The monoisotopic (exact) mass is 501 g/mol. The number of ether oxygens (including phenoxy) is 1. The number of aromatic nitrogens is 2. The van der Waals surface area contributed by atoms with E-state index in [-0.39, 0.29) is 43.1 Å². The predicted octanol–water partition coefficient (Wildman–Crippen LogP) is 2.45. The van der Waals surface area contributed by atoms with Gasteiger partial charge in [-0.3, -0.25) is 14.4 Å². The Kier molecular flexibility index (Phi) is 6.07. The van der Waals surface area contributed by atoms with Crippen molar-refractivity contribution in [1.29, 1.82) is 0 Å². The maximum Gasteiger partial charge on any atom is 0.243 e. The molecule has 0 spiro atoms. The number of hydrogen-bond donors (Lipinski definition) is 1. The Morgan fingerprint density at radius 1 is 1.15 bits per heavy atom. The van der Waals surface area contributed by atoms with Gasteiger partial charge in [0.05, 0.1) is 29.4 Å². The molecule has 11 heteroatoms. The molecule has 1 N–H and O–H groups in total. The third-order valence-electron chi connectivity index (χ3n) is 6.07. The predicted molar refractivity (Wildman–Crippen MR) is 128 cm³/mol. The fourth-order valence-corrected chi connectivity index (χ4v) is 6.06. The van der Waals surface area contributed by atoms with Gasteiger partial charge in [-0.1, -0.05) is 23.7 Å². The molecular formula is C23H24ClN5O4S. The van der Waals surface area contributed by atoms with Crippen LogP contribution < -0.4 is 10.1 Å². The summed E-state index contributed by atoms with van der Waals surface area (Å²) < 4.78 is 35.6. The molecule has 2 aliphatic rings. The average Bonchev–Trinajstić information content (AvgIpc) is 3.26. The summed E-state index contributed by atoms with van der Waals surface area (Å²) in [7, 11) is -1.87. The lowest BCUT2D eigenvalue weighted by molar-refractivity contribution is -0.118. The van der Waals surface area contributed by atoms with Crippen LogP contribution in [0.25, 0.3) is 11.1 Å². The van der Waals surface area contributed by atoms with Crippen LogP contribution in [0.5, 0.6) is 5.75 Å². The Balaban J connectivity index is 1.38. The molecule has 0 unspecified atom stereocenters. The van der Waals surface area contributed by atoms with Gasteiger partial charge in [0.2, 0.25) is 15.9 Å². The van der Waals surface area contributed by atoms with E-state index in [9.17, 15) is 13.2 Å². The van der Waals surface area contributed by atoms with Crippen molar-refractivity contribution in [2.75, 3.05) is 38.1 Å². The van der Waals surface area contributed by atoms with Gasteiger partial charge in [-0.2, -0.15) is 9.40 Å². The molecule has 2 aliphatic heterocycles. The summed E-state index contributed by atoms with van der Waals surface area (Å²) in [4.78, 5) is 14.9. The SMILES string of the molecule is Cn1cc(-c2ccc3c(c2)NC(=O)CN2CCN(S(=O)(=O)c4cccc(Cl)c4)C[C@H]2CO3)cn1. The van der Waals surface area contributed by atoms with Crippen molar-refractivity contribution < 1.29 is 17.9 Å². The van der Waals surface area contributed by atoms with E-state index in [4.69, 9.17) is 16.3 Å². The molecule has 0 bridgehead atoms. The summed E-state index contributed by atoms with van der Waals surface area (Å²) in [5, 5.41) is 7.51. The number of rotatable bonds is 3. The van der Waals surface area contributed by atoms with Gasteiger partial charge in [-0.25, -0.2) is 8.42 Å². The van der Waals surface area contributed by atoms with Crippen molar-refractivity contribution in [2.24, 2.45) is 7.05 Å². The fourth-order valence-electron chi connectivity index (χ4n) is 4.29. The first-order chi connectivity index (χ1) is 16.3. The molecule has 0 aliphatic carbocycles. The topological polar surface area (TPSA) is 96.8 Å². The van der Waals surface area contributed by atoms with Crippen molar-refractivity contribution in [3.8, 4) is 16.9 Å². The molecule has 3 heterocycles. The van der Waals surface area contributed by atoms with Crippen molar-refractivity contribution in [1.82, 2.24) is 19.0 Å². The van der Waals surface area contributed by atoms with E-state index >= 15 is 0 Å². The summed E-state index contributed by atoms with van der Waals surface area (Å²) in [5.41, 5.74) is 2.42. The highest BCUT2D eigenvalue weighted by atomic mass is 35.5. The third-order valence-corrected chi connectivity index (χ3v) is 8.17. The molecule has 5 rings (SSSR count). The molecule has 1 fully saturated rings. The second kappa shape index (κ2) is 9.03. The second-order valence-electron chi connectivity index (χ2n) is 8.42. The molecule has 2 aromatic carbocycles. The van der Waals surface area contributed by atoms with Gasteiger partial charge >= 0.3 is 0 Å². The summed E-state index contributed by atoms with van der Waals surface area (Å²) in [6.07, 6.45) is 3.66. The lowest BCUT2D eigenvalue weighted by Gasteiger charge is -2.39. The average molecular weight is 502 g/mol. The number of carbonyl (C=O) groups is 1. The minimum absolute atomic E-state index is 0.148. The van der Waals surface area contributed by atoms with E-state index < -0.39 is 10.0 Å². The molecule has 1 aromatic heterocycles. The van der Waals surface area contributed by atoms with Gasteiger partial charge in [0, 0.05) is 43.5 Å². The van der Waals surface area contributed by atoms with Crippen LogP contribution in [-0.2, 0) is 21.9 Å². The number of piperazine rings is 1. The Morgan fingerprint density at radius 3 is 2.76 bits per heavy atom. The standard InChI is InChI=1S/C23H24ClN5O4S/c1-27-12-17(11-25-27)16-5-6-22-21(9-16)26-23(30)14-28-7-8-29(13-19(28)15-33-22)34(31,32)20-4-2-3-18(24)10-20/h2-6,9-12,19H,7-8,13-15H2,1H3,(H,26,30)/t19-/m0/s1. The van der Waals surface area contributed by atoms with E-state index in [2.05, 4.69) is 10.4 Å². The number of hydrogen-bond acceptors (Lipinski definition) is 6. The van der Waals surface area contributed by atoms with Crippen LogP contribution in [0.4, 0.5) is 5.69 Å². The third kappa shape index (κ3) is 4.54. The maximum atomic E-state index is 13.2. The van der Waals surface area contributed by atoms with Gasteiger partial charge in [-0.05, 0) is 35.9 Å². The van der Waals surface area contributed by atoms with E-state index in [1.807, 2.05) is 36.3 Å². The van der Waals surface area contributed by atoms with Gasteiger partial charge in [0.25, 0.3) is 0 Å². The van der Waals surface area contributed by atoms with Gasteiger partial charge in [0.1, 0.15) is 12.4 Å². The van der Waals surface area contributed by atoms with Crippen molar-refractivity contribution in [3.63, 3.8) is 0 Å². The van der Waals surface area contributed by atoms with Crippen LogP contribution in [-0.4, -0.2) is 72.1 Å². The molecule has 178 valence electrons. The molecule has 0 radical (unpaired) electrons. The number of aryl methyl sites for hydroxylation is 1. The van der Waals surface area contributed by atoms with Crippen LogP contribution in [0, 0.1) is 0 Å². The lowest BCUT2D eigenvalue weighted by atomic mass is 10.1. The maximum absolute atomic E-state index is 13.2. The summed E-state index contributed by atoms with van der Waals surface area (Å²) in [6.45, 7) is 1.30. The summed E-state index contributed by atoms with van der Waals surface area (Å²) >= 11 is 6.01. The van der Waals surface area contributed by atoms with E-state index in [0.29, 0.717) is 23.0 Å². The van der Waals surface area contributed by atoms with Crippen molar-refractivity contribution in [2.45, 2.75) is 10.9 Å². The summed E-state index contributed by atoms with van der Waals surface area (Å²) in [6, 6.07) is 11.6. The first-order valence-electron chi connectivity index (χ1n) is 10.8. The zero-order valence-corrected chi connectivity index (χ0v) is 20.1. The number of nitrogens with one attached hydrogen (secondary N) is 1. The number of sulfonamides is 1. The molecule has 1 atom stereocenters. The highest BCUT2D eigenvalue weighted by Gasteiger charge is 2.36. The number of benzene rings is 2. The first kappa shape index (κ1) is 22.9. The zero-order chi connectivity index (χ0) is 23.9. The molecule has 1 saturated heterocycles. The minimum Gasteiger partial charge on any atom is -0.490 e. The van der Waals surface area contributed by atoms with Gasteiger partial charge in [0.15, 0.2) is 0 Å². The fraction of sp³-hybridized carbons (Fsp3) is 0.304. The zero-order valence-electron chi connectivity index (χ0n) is 18.5. The minimum atomic E-state index is -3.72. The first-order valence-corrected chi connectivity index (χ1v) is 12.7. The van der Waals surface area contributed by atoms with Crippen molar-refractivity contribution in [3.05, 3.63) is 59.9 Å². The largest absolute Gasteiger partial charge is 0.490 e. The Morgan fingerprint density at radius 2 is 2.00 bits per heavy atom. The molecule has 1 amide bonds. The van der Waals surface area contributed by atoms with Crippen LogP contribution in [0.1, 0.15) is 0 Å². The second-order valence-corrected chi connectivity index (χ2v) is 10.8. The smallest absolute Gasteiger partial charge is 0.243 e. The molecule has 34 heavy (non-hydrogen) atoms. The lowest BCUT2D eigenvalue weighted by Crippen LogP contribution is -2.57. The van der Waals surface area contributed by atoms with Crippen molar-refractivity contribution >= 4 is 33.2 Å². The van der Waals surface area contributed by atoms with E-state index in [1.54, 1.807) is 23.0 Å². The molecular weight excluding hydrogens is 478 g/mol. The quantitative estimate of drug-likeness (QED) is 0.592. The number of fused-ring (bicyclic) bond motifs is 2. The number of carbonyl (C=O) groups excluding carboxylic acids is 1. The molecule has 0 saturated carbocycles. The summed E-state index contributed by atoms with van der Waals surface area (Å²) in [5.74, 6) is 0.365. The van der Waals surface area contributed by atoms with E-state index in [0.717, 1.165) is 11.1 Å². The van der Waals surface area contributed by atoms with Crippen LogP contribution in [0.15, 0.2) is 59.8 Å². The number of nitrogens with zero attached hydrogens (tertiary/aromatic N) is 4. The highest BCUT2D eigenvalue weighted by Crippen LogP contribution is 2.32. The number of anilines is 1. The van der Waals surface area contributed by atoms with E-state index in [1.165, 1.54) is 16.4 Å². The molecule has 9 nitrogen and oxygen atoms in total. The number of halogens is 1. The van der Waals surface area contributed by atoms with Crippen LogP contribution in [0.3, 0.4) is 0 Å². The Hall–Kier alpha value is -2.92. The van der Waals surface area contributed by atoms with Gasteiger partial charge < -0.3 is 10.1 Å². The normalized spacial score (nSPS) is 19.7.